The highest BCUT2D eigenvalue weighted by Crippen LogP contribution is 2.33. The van der Waals surface area contributed by atoms with Gasteiger partial charge in [0.15, 0.2) is 0 Å². The van der Waals surface area contributed by atoms with E-state index in [1.165, 1.54) is 12.0 Å². The van der Waals surface area contributed by atoms with Crippen molar-refractivity contribution in [1.82, 2.24) is 14.9 Å². The first-order valence-corrected chi connectivity index (χ1v) is 8.30. The summed E-state index contributed by atoms with van der Waals surface area (Å²) in [6, 6.07) is 10.5. The van der Waals surface area contributed by atoms with Gasteiger partial charge in [-0.15, -0.1) is 0 Å². The molecular weight excluding hydrogens is 286 g/mol. The van der Waals surface area contributed by atoms with Gasteiger partial charge in [-0.2, -0.15) is 0 Å². The summed E-state index contributed by atoms with van der Waals surface area (Å²) < 4.78 is 5.27. The fourth-order valence-corrected chi connectivity index (χ4v) is 3.34. The van der Waals surface area contributed by atoms with Crippen molar-refractivity contribution < 1.29 is 4.74 Å². The zero-order valence-corrected chi connectivity index (χ0v) is 14.2. The van der Waals surface area contributed by atoms with Gasteiger partial charge in [-0.05, 0) is 55.5 Å². The van der Waals surface area contributed by atoms with Crippen LogP contribution in [0.15, 0.2) is 36.5 Å². The van der Waals surface area contributed by atoms with Crippen LogP contribution in [0.3, 0.4) is 0 Å². The Bertz CT molecular complexity index is 641. The quantitative estimate of drug-likeness (QED) is 0.867. The van der Waals surface area contributed by atoms with Crippen molar-refractivity contribution >= 4 is 0 Å². The van der Waals surface area contributed by atoms with Crippen molar-refractivity contribution in [3.63, 3.8) is 0 Å². The monoisotopic (exact) mass is 311 g/mol. The predicted molar refractivity (Wildman–Crippen MR) is 91.6 cm³/mol. The molecule has 2 heterocycles. The predicted octanol–water partition coefficient (Wildman–Crippen LogP) is 3.42. The Morgan fingerprint density at radius 2 is 2.00 bits per heavy atom. The van der Waals surface area contributed by atoms with Crippen molar-refractivity contribution in [2.45, 2.75) is 32.7 Å². The van der Waals surface area contributed by atoms with Crippen LogP contribution in [0.2, 0.25) is 0 Å². The minimum Gasteiger partial charge on any atom is -0.497 e. The van der Waals surface area contributed by atoms with Gasteiger partial charge >= 0.3 is 0 Å². The second-order valence-electron chi connectivity index (χ2n) is 6.49. The third-order valence-corrected chi connectivity index (χ3v) is 4.80. The molecule has 0 amide bonds. The smallest absolute Gasteiger partial charge is 0.142 e. The van der Waals surface area contributed by atoms with Crippen molar-refractivity contribution in [3.05, 3.63) is 53.6 Å². The van der Waals surface area contributed by atoms with Crippen molar-refractivity contribution in [1.29, 1.82) is 0 Å². The molecule has 0 radical (unpaired) electrons. The Balaban J connectivity index is 1.70. The number of benzene rings is 1. The zero-order chi connectivity index (χ0) is 16.2. The average molecular weight is 311 g/mol. The van der Waals surface area contributed by atoms with Crippen LogP contribution in [0.25, 0.3) is 0 Å². The van der Waals surface area contributed by atoms with Gasteiger partial charge in [0.05, 0.1) is 13.7 Å². The number of piperidine rings is 1. The van der Waals surface area contributed by atoms with E-state index in [1.807, 2.05) is 19.2 Å². The third kappa shape index (κ3) is 3.88. The van der Waals surface area contributed by atoms with Crippen LogP contribution in [-0.2, 0) is 6.54 Å². The fourth-order valence-electron chi connectivity index (χ4n) is 3.34. The van der Waals surface area contributed by atoms with Crippen LogP contribution in [0.1, 0.15) is 36.3 Å². The van der Waals surface area contributed by atoms with Gasteiger partial charge in [0, 0.05) is 18.4 Å². The number of rotatable bonds is 4. The molecule has 3 rings (SSSR count). The fraction of sp³-hybridized carbons (Fsp3) is 0.474. The van der Waals surface area contributed by atoms with Crippen LogP contribution in [0.4, 0.5) is 0 Å². The summed E-state index contributed by atoms with van der Waals surface area (Å²) in [6.45, 7) is 7.38. The number of likely N-dealkylation sites (tertiary alicyclic amines) is 1. The lowest BCUT2D eigenvalue weighted by Gasteiger charge is -2.37. The molecule has 4 heteroatoms. The maximum Gasteiger partial charge on any atom is 0.142 e. The van der Waals surface area contributed by atoms with Crippen molar-refractivity contribution in [2.75, 3.05) is 20.2 Å². The summed E-state index contributed by atoms with van der Waals surface area (Å²) in [7, 11) is 1.71. The number of aryl methyl sites for hydroxylation is 1. The number of ether oxygens (including phenoxy) is 1. The second-order valence-corrected chi connectivity index (χ2v) is 6.49. The largest absolute Gasteiger partial charge is 0.497 e. The molecule has 0 spiro atoms. The first-order chi connectivity index (χ1) is 11.2. The lowest BCUT2D eigenvalue weighted by atomic mass is 9.82. The number of hydrogen-bond acceptors (Lipinski definition) is 4. The Labute approximate surface area is 138 Å². The third-order valence-electron chi connectivity index (χ3n) is 4.80. The summed E-state index contributed by atoms with van der Waals surface area (Å²) >= 11 is 0. The number of methoxy groups -OCH3 is 1. The van der Waals surface area contributed by atoms with E-state index in [2.05, 4.69) is 46.1 Å². The van der Waals surface area contributed by atoms with Crippen LogP contribution in [-0.4, -0.2) is 35.1 Å². The van der Waals surface area contributed by atoms with Crippen LogP contribution in [0.5, 0.6) is 5.75 Å². The molecule has 2 aromatic rings. The molecule has 122 valence electrons. The minimum absolute atomic E-state index is 0.555. The minimum atomic E-state index is 0.555. The molecule has 1 aliphatic heterocycles. The molecule has 4 nitrogen and oxygen atoms in total. The Morgan fingerprint density at radius 1 is 1.22 bits per heavy atom. The van der Waals surface area contributed by atoms with E-state index in [-0.39, 0.29) is 0 Å². The van der Waals surface area contributed by atoms with Gasteiger partial charge in [0.1, 0.15) is 11.6 Å². The number of nitrogens with zero attached hydrogens (tertiary/aromatic N) is 3. The first-order valence-electron chi connectivity index (χ1n) is 8.30. The molecule has 1 fully saturated rings. The summed E-state index contributed by atoms with van der Waals surface area (Å²) in [4.78, 5) is 11.4. The van der Waals surface area contributed by atoms with E-state index in [4.69, 9.17) is 4.74 Å². The maximum absolute atomic E-state index is 5.27. The van der Waals surface area contributed by atoms with E-state index in [0.29, 0.717) is 11.8 Å². The van der Waals surface area contributed by atoms with E-state index in [1.54, 1.807) is 7.11 Å². The van der Waals surface area contributed by atoms with Gasteiger partial charge in [-0.1, -0.05) is 19.1 Å². The van der Waals surface area contributed by atoms with Crippen LogP contribution >= 0.6 is 0 Å². The lowest BCUT2D eigenvalue weighted by molar-refractivity contribution is 0.157. The molecule has 2 unspecified atom stereocenters. The highest BCUT2D eigenvalue weighted by Gasteiger charge is 2.27. The van der Waals surface area contributed by atoms with Gasteiger partial charge in [-0.25, -0.2) is 9.97 Å². The highest BCUT2D eigenvalue weighted by atomic mass is 16.5. The number of hydrogen-bond donors (Lipinski definition) is 0. The van der Waals surface area contributed by atoms with E-state index in [0.717, 1.165) is 36.9 Å². The van der Waals surface area contributed by atoms with Crippen LogP contribution in [0, 0.1) is 12.8 Å². The summed E-state index contributed by atoms with van der Waals surface area (Å²) in [5.74, 6) is 3.09. The summed E-state index contributed by atoms with van der Waals surface area (Å²) in [6.07, 6.45) is 3.06. The standard InChI is InChI=1S/C19H25N3O/c1-14-9-11-22(13-19-20-10-8-15(2)21-19)12-18(14)16-4-6-17(23-3)7-5-16/h4-8,10,14,18H,9,11-13H2,1-3H3. The Kier molecular flexibility index (Phi) is 4.91. The molecule has 1 saturated heterocycles. The molecule has 23 heavy (non-hydrogen) atoms. The molecule has 2 atom stereocenters. The molecule has 0 saturated carbocycles. The second kappa shape index (κ2) is 7.09. The number of aromatic nitrogens is 2. The van der Waals surface area contributed by atoms with E-state index < -0.39 is 0 Å². The highest BCUT2D eigenvalue weighted by molar-refractivity contribution is 5.30. The van der Waals surface area contributed by atoms with Gasteiger partial charge in [-0.3, -0.25) is 4.90 Å². The average Bonchev–Trinajstić information content (AvgIpc) is 2.57. The molecule has 0 aliphatic carbocycles. The zero-order valence-electron chi connectivity index (χ0n) is 14.2. The molecule has 0 bridgehead atoms. The normalized spacial score (nSPS) is 22.0. The van der Waals surface area contributed by atoms with Gasteiger partial charge in [0.25, 0.3) is 0 Å². The van der Waals surface area contributed by atoms with Crippen molar-refractivity contribution in [3.8, 4) is 5.75 Å². The molecule has 1 aromatic carbocycles. The molecular formula is C19H25N3O. The summed E-state index contributed by atoms with van der Waals surface area (Å²) in [5.41, 5.74) is 2.43. The maximum atomic E-state index is 5.27. The first kappa shape index (κ1) is 15.9. The van der Waals surface area contributed by atoms with Crippen LogP contribution < -0.4 is 4.74 Å². The molecule has 0 N–H and O–H groups in total. The summed E-state index contributed by atoms with van der Waals surface area (Å²) in [5, 5.41) is 0. The topological polar surface area (TPSA) is 38.2 Å². The van der Waals surface area contributed by atoms with Crippen molar-refractivity contribution in [2.24, 2.45) is 5.92 Å². The Hall–Kier alpha value is -1.94. The van der Waals surface area contributed by atoms with Gasteiger partial charge < -0.3 is 4.74 Å². The van der Waals surface area contributed by atoms with Gasteiger partial charge in [0.2, 0.25) is 0 Å². The molecule has 1 aromatic heterocycles. The molecule has 1 aliphatic rings. The SMILES string of the molecule is COc1ccc(C2CN(Cc3nccc(C)n3)CCC2C)cc1. The Morgan fingerprint density at radius 3 is 2.70 bits per heavy atom. The van der Waals surface area contributed by atoms with E-state index >= 15 is 0 Å². The van der Waals surface area contributed by atoms with E-state index in [9.17, 15) is 0 Å². The lowest BCUT2D eigenvalue weighted by Crippen LogP contribution is -2.38.